The van der Waals surface area contributed by atoms with Crippen molar-refractivity contribution in [3.63, 3.8) is 0 Å². The highest BCUT2D eigenvalue weighted by molar-refractivity contribution is 7.47. The highest BCUT2D eigenvalue weighted by Crippen LogP contribution is 2.45. The minimum atomic E-state index is -4.95. The molecule has 0 radical (unpaired) electrons. The van der Waals surface area contributed by atoms with Gasteiger partial charge in [0.05, 0.1) is 26.4 Å². The number of hydrogen-bond acceptors (Lipinski definition) is 15. The lowest BCUT2D eigenvalue weighted by atomic mass is 10.0. The molecule has 5 atom stereocenters. The van der Waals surface area contributed by atoms with Crippen molar-refractivity contribution in [2.75, 3.05) is 39.6 Å². The number of unbranched alkanes of at least 4 members (excludes halogenated alkanes) is 43. The van der Waals surface area contributed by atoms with Gasteiger partial charge in [0.25, 0.3) is 0 Å². The summed E-state index contributed by atoms with van der Waals surface area (Å²) < 4.78 is 67.9. The minimum absolute atomic E-state index is 0.104. The van der Waals surface area contributed by atoms with Crippen molar-refractivity contribution in [2.24, 2.45) is 0 Å². The topological polar surface area (TPSA) is 237 Å². The van der Waals surface area contributed by atoms with Crippen LogP contribution in [0.1, 0.15) is 355 Å². The van der Waals surface area contributed by atoms with Crippen LogP contribution in [0.3, 0.4) is 0 Å². The van der Waals surface area contributed by atoms with Crippen LogP contribution in [0.4, 0.5) is 0 Å². The summed E-state index contributed by atoms with van der Waals surface area (Å²) in [6.07, 6.45) is 50.4. The first-order chi connectivity index (χ1) is 42.2. The number of carbonyl (C=O) groups is 4. The average molecular weight is 1280 g/mol. The Bertz CT molecular complexity index is 1670. The van der Waals surface area contributed by atoms with Gasteiger partial charge in [-0.15, -0.1) is 0 Å². The Balaban J connectivity index is 5.09. The SMILES string of the molecule is CCCCCCCCCCCCCCCCCCCCCCCC(=O)O[C@H](COC(=O)CCCCCCCCCCCCCC)COP(=O)(O)OC[C@@H](O)COP(=O)(O)OC[C@@H](COC(=O)CCCCCCCCC)OC(=O)CCCCCCCCC. The largest absolute Gasteiger partial charge is 0.472 e. The van der Waals surface area contributed by atoms with Gasteiger partial charge in [-0.3, -0.25) is 37.3 Å². The summed E-state index contributed by atoms with van der Waals surface area (Å²) in [6.45, 7) is 4.84. The monoisotopic (exact) mass is 1280 g/mol. The van der Waals surface area contributed by atoms with E-state index in [4.69, 9.17) is 37.0 Å². The maximum Gasteiger partial charge on any atom is 0.472 e. The third-order valence-corrected chi connectivity index (χ3v) is 17.8. The van der Waals surface area contributed by atoms with Crippen LogP contribution in [0.2, 0.25) is 0 Å². The van der Waals surface area contributed by atoms with E-state index in [1.165, 1.54) is 161 Å². The Morgan fingerprint density at radius 2 is 0.460 bits per heavy atom. The zero-order valence-corrected chi connectivity index (χ0v) is 57.8. The van der Waals surface area contributed by atoms with E-state index in [0.29, 0.717) is 25.7 Å². The molecule has 0 fully saturated rings. The van der Waals surface area contributed by atoms with E-state index in [1.807, 2.05) is 0 Å². The zero-order chi connectivity index (χ0) is 64.0. The number of hydrogen-bond donors (Lipinski definition) is 3. The fourth-order valence-corrected chi connectivity index (χ4v) is 11.9. The molecule has 0 heterocycles. The van der Waals surface area contributed by atoms with E-state index < -0.39 is 97.5 Å². The van der Waals surface area contributed by atoms with E-state index in [1.54, 1.807) is 0 Å². The van der Waals surface area contributed by atoms with E-state index in [0.717, 1.165) is 116 Å². The first kappa shape index (κ1) is 85.1. The molecule has 0 aromatic heterocycles. The number of rotatable bonds is 69. The number of carbonyl (C=O) groups excluding carboxylic acids is 4. The van der Waals surface area contributed by atoms with Crippen LogP contribution in [0.25, 0.3) is 0 Å². The van der Waals surface area contributed by atoms with Crippen molar-refractivity contribution >= 4 is 39.5 Å². The lowest BCUT2D eigenvalue weighted by Gasteiger charge is -2.21. The van der Waals surface area contributed by atoms with E-state index in [9.17, 15) is 43.2 Å². The fraction of sp³-hybridized carbons (Fsp3) is 0.941. The molecule has 87 heavy (non-hydrogen) atoms. The molecule has 0 aromatic rings. The molecule has 0 aliphatic heterocycles. The summed E-state index contributed by atoms with van der Waals surface area (Å²) in [5, 5.41) is 10.5. The molecule has 2 unspecified atom stereocenters. The minimum Gasteiger partial charge on any atom is -0.462 e. The Morgan fingerprint density at radius 1 is 0.276 bits per heavy atom. The van der Waals surface area contributed by atoms with Gasteiger partial charge in [0.2, 0.25) is 0 Å². The van der Waals surface area contributed by atoms with Crippen LogP contribution in [-0.2, 0) is 65.4 Å². The average Bonchev–Trinajstić information content (AvgIpc) is 3.58. The smallest absolute Gasteiger partial charge is 0.462 e. The van der Waals surface area contributed by atoms with Gasteiger partial charge in [0, 0.05) is 25.7 Å². The molecule has 0 amide bonds. The van der Waals surface area contributed by atoms with Gasteiger partial charge >= 0.3 is 39.5 Å². The van der Waals surface area contributed by atoms with Crippen LogP contribution >= 0.6 is 15.6 Å². The fourth-order valence-electron chi connectivity index (χ4n) is 10.3. The van der Waals surface area contributed by atoms with Gasteiger partial charge < -0.3 is 33.8 Å². The Labute approximate surface area is 530 Å². The Morgan fingerprint density at radius 3 is 0.678 bits per heavy atom. The number of esters is 4. The molecule has 0 bridgehead atoms. The summed E-state index contributed by atoms with van der Waals surface area (Å²) in [5.41, 5.74) is 0. The van der Waals surface area contributed by atoms with Gasteiger partial charge in [-0.05, 0) is 25.7 Å². The molecule has 0 aliphatic carbocycles. The highest BCUT2D eigenvalue weighted by atomic mass is 31.2. The molecule has 19 heteroatoms. The summed E-state index contributed by atoms with van der Waals surface area (Å²) in [4.78, 5) is 72.1. The van der Waals surface area contributed by atoms with Crippen LogP contribution in [-0.4, -0.2) is 96.7 Å². The summed E-state index contributed by atoms with van der Waals surface area (Å²) in [6, 6.07) is 0. The lowest BCUT2D eigenvalue weighted by Crippen LogP contribution is -2.30. The zero-order valence-electron chi connectivity index (χ0n) is 56.0. The second-order valence-electron chi connectivity index (χ2n) is 24.6. The normalized spacial score (nSPS) is 14.1. The number of aliphatic hydroxyl groups excluding tert-OH is 1. The van der Waals surface area contributed by atoms with E-state index >= 15 is 0 Å². The molecule has 0 spiro atoms. The quantitative estimate of drug-likeness (QED) is 0.0222. The first-order valence-corrected chi connectivity index (χ1v) is 38.8. The van der Waals surface area contributed by atoms with Crippen LogP contribution in [0.15, 0.2) is 0 Å². The lowest BCUT2D eigenvalue weighted by molar-refractivity contribution is -0.161. The number of aliphatic hydroxyl groups is 1. The van der Waals surface area contributed by atoms with Gasteiger partial charge in [-0.2, -0.15) is 0 Å². The van der Waals surface area contributed by atoms with Crippen molar-refractivity contribution in [3.05, 3.63) is 0 Å². The summed E-state index contributed by atoms with van der Waals surface area (Å²) >= 11 is 0. The number of phosphoric ester groups is 2. The number of ether oxygens (including phenoxy) is 4. The van der Waals surface area contributed by atoms with E-state index in [-0.39, 0.29) is 25.7 Å². The second-order valence-corrected chi connectivity index (χ2v) is 27.5. The standard InChI is InChI=1S/C68H132O17P2/c1-5-9-13-17-21-23-25-27-28-29-30-31-32-33-34-35-37-39-43-47-51-55-68(73)85-64(59-79-66(71)53-49-45-42-38-36-26-24-22-18-14-10-6-2)61-83-87(76,77)81-57-62(69)56-80-86(74,75)82-60-63(84-67(72)54-50-46-41-20-16-12-8-4)58-78-65(70)52-48-44-40-19-15-11-7-3/h62-64,69H,5-61H2,1-4H3,(H,74,75)(H,76,77)/t62-,63+,64+/m0/s1. The Kier molecular flexibility index (Phi) is 61.4. The molecule has 516 valence electrons. The third-order valence-electron chi connectivity index (χ3n) is 15.9. The van der Waals surface area contributed by atoms with Gasteiger partial charge in [-0.25, -0.2) is 9.13 Å². The molecule has 17 nitrogen and oxygen atoms in total. The predicted molar refractivity (Wildman–Crippen MR) is 349 cm³/mol. The van der Waals surface area contributed by atoms with Crippen molar-refractivity contribution in [2.45, 2.75) is 373 Å². The third kappa shape index (κ3) is 62.6. The summed E-state index contributed by atoms with van der Waals surface area (Å²) in [7, 11) is -9.88. The van der Waals surface area contributed by atoms with Crippen molar-refractivity contribution in [3.8, 4) is 0 Å². The molecule has 0 saturated heterocycles. The molecule has 0 aromatic carbocycles. The molecular weight excluding hydrogens is 1150 g/mol. The summed E-state index contributed by atoms with van der Waals surface area (Å²) in [5.74, 6) is -2.14. The Hall–Kier alpha value is -1.94. The second kappa shape index (κ2) is 62.8. The highest BCUT2D eigenvalue weighted by Gasteiger charge is 2.30. The molecular formula is C68H132O17P2. The molecule has 0 saturated carbocycles. The van der Waals surface area contributed by atoms with Crippen molar-refractivity contribution < 1.29 is 80.2 Å². The van der Waals surface area contributed by atoms with Crippen LogP contribution in [0, 0.1) is 0 Å². The molecule has 3 N–H and O–H groups in total. The van der Waals surface area contributed by atoms with Crippen LogP contribution < -0.4 is 0 Å². The van der Waals surface area contributed by atoms with Crippen molar-refractivity contribution in [1.82, 2.24) is 0 Å². The maximum atomic E-state index is 13.0. The van der Waals surface area contributed by atoms with Gasteiger partial charge in [-0.1, -0.05) is 304 Å². The van der Waals surface area contributed by atoms with E-state index in [2.05, 4.69) is 27.7 Å². The first-order valence-electron chi connectivity index (χ1n) is 35.8. The van der Waals surface area contributed by atoms with Gasteiger partial charge in [0.15, 0.2) is 12.2 Å². The van der Waals surface area contributed by atoms with Crippen LogP contribution in [0.5, 0.6) is 0 Å². The van der Waals surface area contributed by atoms with Gasteiger partial charge in [0.1, 0.15) is 19.3 Å². The molecule has 0 aliphatic rings. The predicted octanol–water partition coefficient (Wildman–Crippen LogP) is 19.5. The maximum absolute atomic E-state index is 13.0. The number of phosphoric acid groups is 2. The molecule has 0 rings (SSSR count). The van der Waals surface area contributed by atoms with Crippen molar-refractivity contribution in [1.29, 1.82) is 0 Å².